The minimum atomic E-state index is 0.171. The number of pyridine rings is 1. The minimum Gasteiger partial charge on any atom is -0.497 e. The van der Waals surface area contributed by atoms with Crippen LogP contribution in [0.15, 0.2) is 42.7 Å². The Balaban J connectivity index is 2.39. The quantitative estimate of drug-likeness (QED) is 0.892. The lowest BCUT2D eigenvalue weighted by Crippen LogP contribution is -2.22. The van der Waals surface area contributed by atoms with Gasteiger partial charge < -0.3 is 10.1 Å². The first-order chi connectivity index (χ1) is 9.26. The van der Waals surface area contributed by atoms with E-state index in [4.69, 9.17) is 4.74 Å². The molecule has 1 aromatic heterocycles. The van der Waals surface area contributed by atoms with Crippen molar-refractivity contribution < 1.29 is 4.74 Å². The van der Waals surface area contributed by atoms with Crippen molar-refractivity contribution >= 4 is 0 Å². The lowest BCUT2D eigenvalue weighted by molar-refractivity contribution is 0.414. The van der Waals surface area contributed by atoms with Gasteiger partial charge in [-0.2, -0.15) is 0 Å². The third kappa shape index (κ3) is 3.12. The van der Waals surface area contributed by atoms with Crippen LogP contribution in [0.5, 0.6) is 5.75 Å². The Morgan fingerprint density at radius 1 is 1.32 bits per heavy atom. The highest BCUT2D eigenvalue weighted by Gasteiger charge is 2.15. The number of methoxy groups -OCH3 is 1. The van der Waals surface area contributed by atoms with Gasteiger partial charge in [0.25, 0.3) is 0 Å². The molecule has 0 saturated heterocycles. The molecule has 0 aliphatic rings. The van der Waals surface area contributed by atoms with Crippen molar-refractivity contribution in [3.63, 3.8) is 0 Å². The first kappa shape index (κ1) is 13.6. The summed E-state index contributed by atoms with van der Waals surface area (Å²) in [5.74, 6) is 0.891. The molecule has 0 amide bonds. The second-order valence-corrected chi connectivity index (χ2v) is 4.50. The number of nitrogens with zero attached hydrogens (tertiary/aromatic N) is 1. The fourth-order valence-electron chi connectivity index (χ4n) is 2.26. The zero-order chi connectivity index (χ0) is 13.7. The number of rotatable bonds is 5. The summed E-state index contributed by atoms with van der Waals surface area (Å²) in [6.07, 6.45) is 3.71. The van der Waals surface area contributed by atoms with E-state index in [-0.39, 0.29) is 6.04 Å². The SMILES string of the molecule is CCNC(c1cccnc1)c1ccc(OC)cc1C. The average Bonchev–Trinajstić information content (AvgIpc) is 2.46. The number of aromatic nitrogens is 1. The highest BCUT2D eigenvalue weighted by Crippen LogP contribution is 2.27. The monoisotopic (exact) mass is 256 g/mol. The fraction of sp³-hybridized carbons (Fsp3) is 0.312. The van der Waals surface area contributed by atoms with Crippen LogP contribution in [0.25, 0.3) is 0 Å². The molecule has 2 aromatic rings. The third-order valence-electron chi connectivity index (χ3n) is 3.21. The largest absolute Gasteiger partial charge is 0.497 e. The number of benzene rings is 1. The number of nitrogens with one attached hydrogen (secondary N) is 1. The molecular weight excluding hydrogens is 236 g/mol. The van der Waals surface area contributed by atoms with Gasteiger partial charge in [-0.05, 0) is 48.4 Å². The molecule has 1 N–H and O–H groups in total. The molecule has 0 saturated carbocycles. The van der Waals surface area contributed by atoms with Crippen molar-refractivity contribution in [2.75, 3.05) is 13.7 Å². The molecule has 1 aromatic carbocycles. The molecule has 0 radical (unpaired) electrons. The maximum atomic E-state index is 5.26. The van der Waals surface area contributed by atoms with Crippen molar-refractivity contribution in [2.45, 2.75) is 19.9 Å². The summed E-state index contributed by atoms with van der Waals surface area (Å²) in [4.78, 5) is 4.21. The highest BCUT2D eigenvalue weighted by molar-refractivity contribution is 5.40. The molecule has 0 spiro atoms. The molecule has 100 valence electrons. The van der Waals surface area contributed by atoms with Crippen LogP contribution in [-0.2, 0) is 0 Å². The second-order valence-electron chi connectivity index (χ2n) is 4.50. The summed E-state index contributed by atoms with van der Waals surface area (Å²) in [5, 5.41) is 3.51. The van der Waals surface area contributed by atoms with E-state index in [1.165, 1.54) is 16.7 Å². The Bertz CT molecular complexity index is 526. The molecule has 0 bridgehead atoms. The number of hydrogen-bond acceptors (Lipinski definition) is 3. The summed E-state index contributed by atoms with van der Waals surface area (Å²) < 4.78 is 5.26. The van der Waals surface area contributed by atoms with Crippen LogP contribution in [0.2, 0.25) is 0 Å². The molecule has 1 atom stereocenters. The van der Waals surface area contributed by atoms with E-state index in [0.29, 0.717) is 0 Å². The Morgan fingerprint density at radius 3 is 2.74 bits per heavy atom. The number of ether oxygens (including phenoxy) is 1. The number of aryl methyl sites for hydroxylation is 1. The van der Waals surface area contributed by atoms with E-state index in [9.17, 15) is 0 Å². The Labute approximate surface area is 114 Å². The van der Waals surface area contributed by atoms with E-state index >= 15 is 0 Å². The molecular formula is C16H20N2O. The summed E-state index contributed by atoms with van der Waals surface area (Å²) in [6, 6.07) is 10.4. The Morgan fingerprint density at radius 2 is 2.16 bits per heavy atom. The molecule has 3 heteroatoms. The minimum absolute atomic E-state index is 0.171. The van der Waals surface area contributed by atoms with Gasteiger partial charge in [-0.25, -0.2) is 0 Å². The van der Waals surface area contributed by atoms with Gasteiger partial charge in [0.15, 0.2) is 0 Å². The van der Waals surface area contributed by atoms with Crippen LogP contribution in [0.4, 0.5) is 0 Å². The van der Waals surface area contributed by atoms with E-state index in [1.54, 1.807) is 13.3 Å². The molecule has 0 aliphatic carbocycles. The molecule has 3 nitrogen and oxygen atoms in total. The predicted molar refractivity (Wildman–Crippen MR) is 77.5 cm³/mol. The molecule has 19 heavy (non-hydrogen) atoms. The topological polar surface area (TPSA) is 34.2 Å². The molecule has 0 aliphatic heterocycles. The maximum Gasteiger partial charge on any atom is 0.119 e. The van der Waals surface area contributed by atoms with Crippen LogP contribution >= 0.6 is 0 Å². The lowest BCUT2D eigenvalue weighted by Gasteiger charge is -2.21. The van der Waals surface area contributed by atoms with Crippen molar-refractivity contribution in [3.05, 3.63) is 59.4 Å². The maximum absolute atomic E-state index is 5.26. The standard InChI is InChI=1S/C16H20N2O/c1-4-18-16(13-6-5-9-17-11-13)15-8-7-14(19-3)10-12(15)2/h5-11,16,18H,4H2,1-3H3. The van der Waals surface area contributed by atoms with Crippen molar-refractivity contribution in [3.8, 4) is 5.75 Å². The van der Waals surface area contributed by atoms with E-state index in [1.807, 2.05) is 18.3 Å². The molecule has 1 unspecified atom stereocenters. The second kappa shape index (κ2) is 6.34. The van der Waals surface area contributed by atoms with Gasteiger partial charge in [-0.15, -0.1) is 0 Å². The van der Waals surface area contributed by atoms with E-state index in [0.717, 1.165) is 12.3 Å². The number of hydrogen-bond donors (Lipinski definition) is 1. The molecule has 1 heterocycles. The summed E-state index contributed by atoms with van der Waals surface area (Å²) in [7, 11) is 1.69. The summed E-state index contributed by atoms with van der Waals surface area (Å²) in [5.41, 5.74) is 3.66. The van der Waals surface area contributed by atoms with Crippen molar-refractivity contribution in [1.29, 1.82) is 0 Å². The summed E-state index contributed by atoms with van der Waals surface area (Å²) in [6.45, 7) is 5.13. The first-order valence-electron chi connectivity index (χ1n) is 6.54. The zero-order valence-corrected chi connectivity index (χ0v) is 11.7. The van der Waals surface area contributed by atoms with Gasteiger partial charge in [0.1, 0.15) is 5.75 Å². The van der Waals surface area contributed by atoms with Gasteiger partial charge in [-0.1, -0.05) is 19.1 Å². The van der Waals surface area contributed by atoms with E-state index in [2.05, 4.69) is 42.3 Å². The van der Waals surface area contributed by atoms with Crippen molar-refractivity contribution in [1.82, 2.24) is 10.3 Å². The molecule has 2 rings (SSSR count). The molecule has 0 fully saturated rings. The smallest absolute Gasteiger partial charge is 0.119 e. The zero-order valence-electron chi connectivity index (χ0n) is 11.7. The fourth-order valence-corrected chi connectivity index (χ4v) is 2.26. The van der Waals surface area contributed by atoms with Crippen LogP contribution < -0.4 is 10.1 Å². The third-order valence-corrected chi connectivity index (χ3v) is 3.21. The van der Waals surface area contributed by atoms with E-state index < -0.39 is 0 Å². The Hall–Kier alpha value is -1.87. The van der Waals surface area contributed by atoms with Gasteiger partial charge >= 0.3 is 0 Å². The van der Waals surface area contributed by atoms with Crippen LogP contribution in [-0.4, -0.2) is 18.6 Å². The normalized spacial score (nSPS) is 12.2. The predicted octanol–water partition coefficient (Wildman–Crippen LogP) is 3.10. The van der Waals surface area contributed by atoms with Crippen LogP contribution in [0.3, 0.4) is 0 Å². The summed E-state index contributed by atoms with van der Waals surface area (Å²) >= 11 is 0. The van der Waals surface area contributed by atoms with Gasteiger partial charge in [0.05, 0.1) is 13.2 Å². The lowest BCUT2D eigenvalue weighted by atomic mass is 9.96. The van der Waals surface area contributed by atoms with Gasteiger partial charge in [0.2, 0.25) is 0 Å². The van der Waals surface area contributed by atoms with Crippen LogP contribution in [0.1, 0.15) is 29.7 Å². The average molecular weight is 256 g/mol. The van der Waals surface area contributed by atoms with Gasteiger partial charge in [0, 0.05) is 12.4 Å². The Kier molecular flexibility index (Phi) is 4.53. The van der Waals surface area contributed by atoms with Crippen molar-refractivity contribution in [2.24, 2.45) is 0 Å². The van der Waals surface area contributed by atoms with Gasteiger partial charge in [-0.3, -0.25) is 4.98 Å². The highest BCUT2D eigenvalue weighted by atomic mass is 16.5. The van der Waals surface area contributed by atoms with Crippen LogP contribution in [0, 0.1) is 6.92 Å². The first-order valence-corrected chi connectivity index (χ1v) is 6.54.